The Balaban J connectivity index is 1.75. The van der Waals surface area contributed by atoms with Crippen molar-refractivity contribution in [2.75, 3.05) is 5.75 Å². The number of fused-ring (bicyclic) bond motifs is 1. The summed E-state index contributed by atoms with van der Waals surface area (Å²) < 4.78 is 1.59. The predicted octanol–water partition coefficient (Wildman–Crippen LogP) is 4.92. The third-order valence-electron chi connectivity index (χ3n) is 5.41. The van der Waals surface area contributed by atoms with Crippen LogP contribution in [0.1, 0.15) is 44.6 Å². The molecule has 1 aliphatic carbocycles. The summed E-state index contributed by atoms with van der Waals surface area (Å²) in [5, 5.41) is 4.48. The quantitative estimate of drug-likeness (QED) is 0.417. The summed E-state index contributed by atoms with van der Waals surface area (Å²) in [6, 6.07) is 13.4. The number of carbonyl (C=O) groups is 1. The van der Waals surface area contributed by atoms with Gasteiger partial charge in [-0.05, 0) is 61.1 Å². The number of nitrogens with one attached hydrogen (secondary N) is 1. The van der Waals surface area contributed by atoms with Crippen LogP contribution in [-0.2, 0) is 4.79 Å². The second kappa shape index (κ2) is 8.82. The predicted molar refractivity (Wildman–Crippen MR) is 123 cm³/mol. The number of carbonyl (C=O) groups excluding carboxylic acids is 1. The summed E-state index contributed by atoms with van der Waals surface area (Å²) in [4.78, 5) is 30.2. The number of benzene rings is 2. The molecule has 0 saturated heterocycles. The monoisotopic (exact) mass is 441 g/mol. The number of hydrogen-bond acceptors (Lipinski definition) is 4. The van der Waals surface area contributed by atoms with Crippen molar-refractivity contribution >= 4 is 40.2 Å². The molecule has 3 aromatic rings. The molecule has 1 aromatic heterocycles. The molecule has 0 unspecified atom stereocenters. The molecule has 156 valence electrons. The van der Waals surface area contributed by atoms with Crippen molar-refractivity contribution in [1.82, 2.24) is 14.9 Å². The van der Waals surface area contributed by atoms with Crippen LogP contribution in [0.15, 0.2) is 52.4 Å². The third-order valence-corrected chi connectivity index (χ3v) is 6.58. The highest BCUT2D eigenvalue weighted by Gasteiger charge is 2.23. The Bertz CT molecular complexity index is 1140. The van der Waals surface area contributed by atoms with Gasteiger partial charge >= 0.3 is 0 Å². The molecule has 5 nitrogen and oxygen atoms in total. The van der Waals surface area contributed by atoms with Crippen LogP contribution >= 0.6 is 23.4 Å². The Kier molecular flexibility index (Phi) is 6.16. The molecule has 4 rings (SSSR count). The van der Waals surface area contributed by atoms with Crippen molar-refractivity contribution < 1.29 is 4.79 Å². The molecule has 0 aliphatic heterocycles. The number of hydrogen-bond donors (Lipinski definition) is 1. The van der Waals surface area contributed by atoms with E-state index in [1.165, 1.54) is 17.3 Å². The highest BCUT2D eigenvalue weighted by Crippen LogP contribution is 2.25. The summed E-state index contributed by atoms with van der Waals surface area (Å²) in [7, 11) is 0. The first kappa shape index (κ1) is 20.9. The number of amides is 1. The normalized spacial score (nSPS) is 14.6. The van der Waals surface area contributed by atoms with E-state index in [9.17, 15) is 9.59 Å². The summed E-state index contributed by atoms with van der Waals surface area (Å²) in [5.74, 6) is 0.620. The second-order valence-electron chi connectivity index (χ2n) is 7.73. The molecular weight excluding hydrogens is 418 g/mol. The van der Waals surface area contributed by atoms with Crippen molar-refractivity contribution in [2.24, 2.45) is 0 Å². The van der Waals surface area contributed by atoms with Gasteiger partial charge in [-0.15, -0.1) is 0 Å². The van der Waals surface area contributed by atoms with Gasteiger partial charge < -0.3 is 5.32 Å². The molecule has 30 heavy (non-hydrogen) atoms. The first-order chi connectivity index (χ1) is 14.5. The van der Waals surface area contributed by atoms with E-state index in [4.69, 9.17) is 11.6 Å². The van der Waals surface area contributed by atoms with Crippen LogP contribution in [0.4, 0.5) is 0 Å². The third kappa shape index (κ3) is 4.55. The zero-order valence-electron chi connectivity index (χ0n) is 17.0. The van der Waals surface area contributed by atoms with E-state index in [-0.39, 0.29) is 17.2 Å². The van der Waals surface area contributed by atoms with Crippen LogP contribution in [0, 0.1) is 0 Å². The first-order valence-electron chi connectivity index (χ1n) is 10.2. The van der Waals surface area contributed by atoms with Crippen LogP contribution in [0.5, 0.6) is 0 Å². The fourth-order valence-electron chi connectivity index (χ4n) is 3.28. The smallest absolute Gasteiger partial charge is 0.266 e. The van der Waals surface area contributed by atoms with E-state index >= 15 is 0 Å². The van der Waals surface area contributed by atoms with E-state index < -0.39 is 0 Å². The van der Waals surface area contributed by atoms with Crippen molar-refractivity contribution in [3.63, 3.8) is 0 Å². The number of aromatic nitrogens is 2. The lowest BCUT2D eigenvalue weighted by atomic mass is 9.98. The molecule has 0 radical (unpaired) electrons. The van der Waals surface area contributed by atoms with Crippen molar-refractivity contribution in [1.29, 1.82) is 0 Å². The molecule has 7 heteroatoms. The van der Waals surface area contributed by atoms with Gasteiger partial charge in [-0.3, -0.25) is 14.2 Å². The summed E-state index contributed by atoms with van der Waals surface area (Å²) in [5.41, 5.74) is 2.33. The molecule has 1 amide bonds. The molecule has 1 saturated carbocycles. The minimum atomic E-state index is -0.168. The Morgan fingerprint density at radius 3 is 2.67 bits per heavy atom. The average Bonchev–Trinajstić information content (AvgIpc) is 3.55. The molecular formula is C23H24ClN3O2S. The first-order valence-corrected chi connectivity index (χ1v) is 11.6. The second-order valence-corrected chi connectivity index (χ2v) is 9.11. The van der Waals surface area contributed by atoms with Crippen molar-refractivity contribution in [2.45, 2.75) is 50.2 Å². The van der Waals surface area contributed by atoms with E-state index in [1.54, 1.807) is 22.8 Å². The minimum absolute atomic E-state index is 0.0402. The lowest BCUT2D eigenvalue weighted by Crippen LogP contribution is -2.28. The van der Waals surface area contributed by atoms with Gasteiger partial charge in [0.25, 0.3) is 5.56 Å². The van der Waals surface area contributed by atoms with E-state index in [0.717, 1.165) is 24.9 Å². The standard InChI is InChI=1S/C23H24ClN3O2S/c1-3-14(2)15-4-9-18(10-5-15)27-22(29)19-11-6-16(24)12-20(19)26-23(27)30-13-21(28)25-17-7-8-17/h4-6,9-12,14,17H,3,7-8,13H2,1-2H3,(H,25,28)/t14-/m1/s1. The van der Waals surface area contributed by atoms with Gasteiger partial charge in [0.1, 0.15) is 0 Å². The van der Waals surface area contributed by atoms with Gasteiger partial charge in [0.2, 0.25) is 5.91 Å². The molecule has 1 heterocycles. The fourth-order valence-corrected chi connectivity index (χ4v) is 4.27. The average molecular weight is 442 g/mol. The maximum Gasteiger partial charge on any atom is 0.266 e. The van der Waals surface area contributed by atoms with Crippen molar-refractivity contribution in [3.8, 4) is 5.69 Å². The Morgan fingerprint density at radius 2 is 2.00 bits per heavy atom. The molecule has 0 spiro atoms. The van der Waals surface area contributed by atoms with Gasteiger partial charge in [0.15, 0.2) is 5.16 Å². The lowest BCUT2D eigenvalue weighted by Gasteiger charge is -2.15. The van der Waals surface area contributed by atoms with E-state index in [1.807, 2.05) is 12.1 Å². The molecule has 1 N–H and O–H groups in total. The summed E-state index contributed by atoms with van der Waals surface area (Å²) in [6.45, 7) is 4.34. The Hall–Kier alpha value is -2.31. The molecule has 1 atom stereocenters. The van der Waals surface area contributed by atoms with Gasteiger partial charge in [0, 0.05) is 11.1 Å². The van der Waals surface area contributed by atoms with E-state index in [2.05, 4.69) is 36.3 Å². The van der Waals surface area contributed by atoms with Crippen LogP contribution in [-0.4, -0.2) is 27.3 Å². The molecule has 2 aromatic carbocycles. The van der Waals surface area contributed by atoms with E-state index in [0.29, 0.717) is 33.0 Å². The SMILES string of the molecule is CC[C@@H](C)c1ccc(-n2c(SCC(=O)NC3CC3)nc3cc(Cl)ccc3c2=O)cc1. The molecule has 1 aliphatic rings. The highest BCUT2D eigenvalue weighted by atomic mass is 35.5. The molecule has 1 fully saturated rings. The lowest BCUT2D eigenvalue weighted by molar-refractivity contribution is -0.118. The number of thioether (sulfide) groups is 1. The number of nitrogens with zero attached hydrogens (tertiary/aromatic N) is 2. The maximum atomic E-state index is 13.3. The largest absolute Gasteiger partial charge is 0.353 e. The maximum absolute atomic E-state index is 13.3. The number of rotatable bonds is 7. The minimum Gasteiger partial charge on any atom is -0.353 e. The van der Waals surface area contributed by atoms with Crippen LogP contribution in [0.2, 0.25) is 5.02 Å². The summed E-state index contributed by atoms with van der Waals surface area (Å²) in [6.07, 6.45) is 3.13. The van der Waals surface area contributed by atoms with Crippen molar-refractivity contribution in [3.05, 3.63) is 63.4 Å². The fraction of sp³-hybridized carbons (Fsp3) is 0.348. The van der Waals surface area contributed by atoms with Gasteiger partial charge in [-0.1, -0.05) is 49.3 Å². The van der Waals surface area contributed by atoms with Crippen LogP contribution in [0.3, 0.4) is 0 Å². The highest BCUT2D eigenvalue weighted by molar-refractivity contribution is 7.99. The zero-order valence-corrected chi connectivity index (χ0v) is 18.6. The zero-order chi connectivity index (χ0) is 21.3. The van der Waals surface area contributed by atoms with Gasteiger partial charge in [-0.25, -0.2) is 4.98 Å². The topological polar surface area (TPSA) is 64.0 Å². The van der Waals surface area contributed by atoms with Gasteiger partial charge in [0.05, 0.1) is 22.3 Å². The molecule has 0 bridgehead atoms. The number of halogens is 1. The Labute approximate surface area is 184 Å². The van der Waals surface area contributed by atoms with Crippen LogP contribution < -0.4 is 10.9 Å². The van der Waals surface area contributed by atoms with Gasteiger partial charge in [-0.2, -0.15) is 0 Å². The summed E-state index contributed by atoms with van der Waals surface area (Å²) >= 11 is 7.38. The van der Waals surface area contributed by atoms with Crippen LogP contribution in [0.25, 0.3) is 16.6 Å². The Morgan fingerprint density at radius 1 is 1.27 bits per heavy atom.